The Labute approximate surface area is 129 Å². The second-order valence-electron chi connectivity index (χ2n) is 6.94. The van der Waals surface area contributed by atoms with E-state index in [1.807, 2.05) is 30.3 Å². The van der Waals surface area contributed by atoms with E-state index < -0.39 is 5.54 Å². The van der Waals surface area contributed by atoms with Gasteiger partial charge in [0, 0.05) is 6.54 Å². The smallest absolute Gasteiger partial charge is 0.0656 e. The zero-order chi connectivity index (χ0) is 15.3. The van der Waals surface area contributed by atoms with E-state index in [0.717, 1.165) is 31.6 Å². The van der Waals surface area contributed by atoms with Crippen LogP contribution in [0.5, 0.6) is 0 Å². The van der Waals surface area contributed by atoms with Crippen LogP contribution in [0.1, 0.15) is 45.1 Å². The van der Waals surface area contributed by atoms with Crippen molar-refractivity contribution >= 4 is 0 Å². The monoisotopic (exact) mass is 290 g/mol. The topological polar surface area (TPSA) is 49.5 Å². The highest BCUT2D eigenvalue weighted by Gasteiger charge is 2.31. The summed E-state index contributed by atoms with van der Waals surface area (Å²) in [6.45, 7) is 7.96. The van der Waals surface area contributed by atoms with Gasteiger partial charge in [0.25, 0.3) is 0 Å². The minimum Gasteiger partial charge on any atom is -0.394 e. The van der Waals surface area contributed by atoms with Crippen molar-refractivity contribution in [3.63, 3.8) is 0 Å². The molecule has 118 valence electrons. The number of likely N-dealkylation sites (tertiary alicyclic amines) is 1. The van der Waals surface area contributed by atoms with Gasteiger partial charge < -0.3 is 15.7 Å². The average molecular weight is 290 g/mol. The molecule has 0 saturated carbocycles. The van der Waals surface area contributed by atoms with E-state index in [1.54, 1.807) is 0 Å². The van der Waals surface area contributed by atoms with Gasteiger partial charge in [0.15, 0.2) is 0 Å². The Balaban J connectivity index is 1.90. The Bertz CT molecular complexity index is 426. The van der Waals surface area contributed by atoms with Crippen LogP contribution in [0.15, 0.2) is 30.3 Å². The third-order valence-corrected chi connectivity index (χ3v) is 5.42. The molecule has 0 amide bonds. The largest absolute Gasteiger partial charge is 0.394 e. The molecule has 2 rings (SSSR count). The van der Waals surface area contributed by atoms with E-state index in [1.165, 1.54) is 19.3 Å². The molecule has 0 aliphatic carbocycles. The van der Waals surface area contributed by atoms with Crippen LogP contribution in [0.25, 0.3) is 0 Å². The van der Waals surface area contributed by atoms with Crippen LogP contribution < -0.4 is 5.73 Å². The predicted molar refractivity (Wildman–Crippen MR) is 88.1 cm³/mol. The molecule has 1 heterocycles. The van der Waals surface area contributed by atoms with E-state index >= 15 is 0 Å². The summed E-state index contributed by atoms with van der Waals surface area (Å²) < 4.78 is 0. The van der Waals surface area contributed by atoms with Gasteiger partial charge in [-0.15, -0.1) is 0 Å². The van der Waals surface area contributed by atoms with Crippen molar-refractivity contribution in [1.82, 2.24) is 4.90 Å². The summed E-state index contributed by atoms with van der Waals surface area (Å²) >= 11 is 0. The van der Waals surface area contributed by atoms with Gasteiger partial charge in [-0.25, -0.2) is 0 Å². The summed E-state index contributed by atoms with van der Waals surface area (Å²) in [7, 11) is 0. The van der Waals surface area contributed by atoms with Crippen LogP contribution in [0, 0.1) is 5.41 Å². The van der Waals surface area contributed by atoms with Crippen LogP contribution in [0.3, 0.4) is 0 Å². The highest BCUT2D eigenvalue weighted by atomic mass is 16.3. The fraction of sp³-hybridized carbons (Fsp3) is 0.667. The molecule has 1 saturated heterocycles. The second-order valence-corrected chi connectivity index (χ2v) is 6.94. The number of hydrogen-bond donors (Lipinski definition) is 2. The summed E-state index contributed by atoms with van der Waals surface area (Å²) in [5.74, 6) is 0. The van der Waals surface area contributed by atoms with Gasteiger partial charge in [0.2, 0.25) is 0 Å². The number of hydrogen-bond acceptors (Lipinski definition) is 3. The summed E-state index contributed by atoms with van der Waals surface area (Å²) in [5, 5.41) is 9.75. The Morgan fingerprint density at radius 1 is 1.24 bits per heavy atom. The molecule has 1 unspecified atom stereocenters. The minimum absolute atomic E-state index is 0.00245. The third-order valence-electron chi connectivity index (χ3n) is 5.42. The number of benzene rings is 1. The van der Waals surface area contributed by atoms with Crippen LogP contribution in [0.4, 0.5) is 0 Å². The van der Waals surface area contributed by atoms with Crippen molar-refractivity contribution in [3.8, 4) is 0 Å². The molecule has 21 heavy (non-hydrogen) atoms. The Morgan fingerprint density at radius 3 is 2.38 bits per heavy atom. The fourth-order valence-electron chi connectivity index (χ4n) is 3.11. The molecule has 0 bridgehead atoms. The number of nitrogens with zero attached hydrogens (tertiary/aromatic N) is 1. The normalized spacial score (nSPS) is 21.9. The van der Waals surface area contributed by atoms with Crippen LogP contribution in [-0.4, -0.2) is 36.2 Å². The Kier molecular flexibility index (Phi) is 5.42. The van der Waals surface area contributed by atoms with Gasteiger partial charge in [-0.05, 0) is 43.3 Å². The van der Waals surface area contributed by atoms with E-state index in [-0.39, 0.29) is 6.61 Å². The van der Waals surface area contributed by atoms with E-state index in [2.05, 4.69) is 18.7 Å². The van der Waals surface area contributed by atoms with Gasteiger partial charge in [-0.1, -0.05) is 50.6 Å². The third kappa shape index (κ3) is 4.06. The first kappa shape index (κ1) is 16.5. The molecule has 0 spiro atoms. The van der Waals surface area contributed by atoms with Gasteiger partial charge >= 0.3 is 0 Å². The molecule has 1 atom stereocenters. The van der Waals surface area contributed by atoms with Crippen molar-refractivity contribution in [2.45, 2.75) is 45.1 Å². The SMILES string of the molecule is CCC1(C)CCN(CCC(N)(CO)c2ccccc2)CC1. The van der Waals surface area contributed by atoms with E-state index in [4.69, 9.17) is 5.73 Å². The summed E-state index contributed by atoms with van der Waals surface area (Å²) in [4.78, 5) is 2.50. The lowest BCUT2D eigenvalue weighted by molar-refractivity contribution is 0.0983. The highest BCUT2D eigenvalue weighted by molar-refractivity contribution is 5.24. The van der Waals surface area contributed by atoms with Gasteiger partial charge in [-0.3, -0.25) is 0 Å². The molecule has 0 aromatic heterocycles. The molecule has 1 aromatic carbocycles. The molecule has 0 radical (unpaired) electrons. The van der Waals surface area contributed by atoms with Crippen molar-refractivity contribution in [1.29, 1.82) is 0 Å². The number of nitrogens with two attached hydrogens (primary N) is 1. The Morgan fingerprint density at radius 2 is 1.86 bits per heavy atom. The first-order chi connectivity index (χ1) is 10.0. The number of aliphatic hydroxyl groups is 1. The number of rotatable bonds is 6. The molecule has 3 N–H and O–H groups in total. The lowest BCUT2D eigenvalue weighted by Gasteiger charge is -2.40. The number of aliphatic hydroxyl groups excluding tert-OH is 1. The first-order valence-electron chi connectivity index (χ1n) is 8.19. The van der Waals surface area contributed by atoms with Crippen molar-refractivity contribution < 1.29 is 5.11 Å². The van der Waals surface area contributed by atoms with Crippen LogP contribution >= 0.6 is 0 Å². The molecule has 1 aliphatic heterocycles. The highest BCUT2D eigenvalue weighted by Crippen LogP contribution is 2.34. The van der Waals surface area contributed by atoms with Gasteiger partial charge in [0.1, 0.15) is 0 Å². The maximum atomic E-state index is 9.75. The van der Waals surface area contributed by atoms with E-state index in [9.17, 15) is 5.11 Å². The van der Waals surface area contributed by atoms with Crippen molar-refractivity contribution in [3.05, 3.63) is 35.9 Å². The minimum atomic E-state index is -0.618. The fourth-order valence-corrected chi connectivity index (χ4v) is 3.11. The van der Waals surface area contributed by atoms with Crippen molar-refractivity contribution in [2.24, 2.45) is 11.1 Å². The number of piperidine rings is 1. The lowest BCUT2D eigenvalue weighted by Crippen LogP contribution is -2.46. The molecule has 3 heteroatoms. The zero-order valence-corrected chi connectivity index (χ0v) is 13.5. The quantitative estimate of drug-likeness (QED) is 0.847. The zero-order valence-electron chi connectivity index (χ0n) is 13.5. The van der Waals surface area contributed by atoms with E-state index in [0.29, 0.717) is 5.41 Å². The van der Waals surface area contributed by atoms with Crippen molar-refractivity contribution in [2.75, 3.05) is 26.2 Å². The molecular weight excluding hydrogens is 260 g/mol. The van der Waals surface area contributed by atoms with Gasteiger partial charge in [-0.2, -0.15) is 0 Å². The summed E-state index contributed by atoms with van der Waals surface area (Å²) in [6, 6.07) is 9.99. The van der Waals surface area contributed by atoms with Crippen LogP contribution in [-0.2, 0) is 5.54 Å². The predicted octanol–water partition coefficient (Wildman–Crippen LogP) is 2.74. The van der Waals surface area contributed by atoms with Crippen LogP contribution in [0.2, 0.25) is 0 Å². The molecular formula is C18H30N2O. The molecule has 1 fully saturated rings. The molecule has 1 aliphatic rings. The first-order valence-corrected chi connectivity index (χ1v) is 8.19. The standard InChI is InChI=1S/C18H30N2O/c1-3-17(2)9-12-20(13-10-17)14-11-18(19,15-21)16-7-5-4-6-8-16/h4-8,21H,3,9-15,19H2,1-2H3. The maximum Gasteiger partial charge on any atom is 0.0656 e. The molecule has 1 aromatic rings. The molecule has 3 nitrogen and oxygen atoms in total. The maximum absolute atomic E-state index is 9.75. The second kappa shape index (κ2) is 6.91. The van der Waals surface area contributed by atoms with Gasteiger partial charge in [0.05, 0.1) is 12.1 Å². The Hall–Kier alpha value is -0.900. The summed E-state index contributed by atoms with van der Waals surface area (Å²) in [6.07, 6.45) is 4.61. The average Bonchev–Trinajstić information content (AvgIpc) is 2.55. The lowest BCUT2D eigenvalue weighted by atomic mass is 9.78. The summed E-state index contributed by atoms with van der Waals surface area (Å²) in [5.41, 5.74) is 7.37.